The Morgan fingerprint density at radius 1 is 1.14 bits per heavy atom. The lowest BCUT2D eigenvalue weighted by molar-refractivity contribution is 0.493. The number of nitrogens with zero attached hydrogens (tertiary/aromatic N) is 5. The molecule has 3 aromatic rings. The summed E-state index contributed by atoms with van der Waals surface area (Å²) in [6.45, 7) is 4.15. The molecule has 0 saturated carbocycles. The van der Waals surface area contributed by atoms with Gasteiger partial charge in [0.2, 0.25) is 0 Å². The first-order valence-corrected chi connectivity index (χ1v) is 7.00. The lowest BCUT2D eigenvalue weighted by Gasteiger charge is -2.15. The molecule has 2 N–H and O–H groups in total. The molecule has 1 atom stereocenters. The van der Waals surface area contributed by atoms with Gasteiger partial charge < -0.3 is 5.73 Å². The maximum absolute atomic E-state index is 6.37. The van der Waals surface area contributed by atoms with E-state index in [0.29, 0.717) is 6.42 Å². The van der Waals surface area contributed by atoms with E-state index in [2.05, 4.69) is 33.9 Å². The van der Waals surface area contributed by atoms with Crippen LogP contribution < -0.4 is 5.73 Å². The normalized spacial score (nSPS) is 13.0. The highest BCUT2D eigenvalue weighted by Gasteiger charge is 2.16. The average Bonchev–Trinajstić information content (AvgIpc) is 2.95. The summed E-state index contributed by atoms with van der Waals surface area (Å²) in [5, 5.41) is 4.25. The quantitative estimate of drug-likeness (QED) is 0.791. The van der Waals surface area contributed by atoms with E-state index in [1.54, 1.807) is 18.7 Å². The second-order valence-electron chi connectivity index (χ2n) is 5.30. The highest BCUT2D eigenvalue weighted by molar-refractivity contribution is 5.78. The number of hydrogen-bond acceptors (Lipinski definition) is 5. The molecule has 6 heteroatoms. The largest absolute Gasteiger partial charge is 0.324 e. The van der Waals surface area contributed by atoms with Crippen molar-refractivity contribution >= 4 is 11.0 Å². The van der Waals surface area contributed by atoms with Gasteiger partial charge in [-0.25, -0.2) is 9.67 Å². The molecule has 0 bridgehead atoms. The Bertz CT molecular complexity index is 743. The van der Waals surface area contributed by atoms with Gasteiger partial charge in [0.1, 0.15) is 12.2 Å². The van der Waals surface area contributed by atoms with E-state index in [1.165, 1.54) is 0 Å². The van der Waals surface area contributed by atoms with Gasteiger partial charge in [-0.1, -0.05) is 12.1 Å². The van der Waals surface area contributed by atoms with Crippen LogP contribution in [0.15, 0.2) is 36.9 Å². The Morgan fingerprint density at radius 3 is 2.76 bits per heavy atom. The van der Waals surface area contributed by atoms with Gasteiger partial charge in [-0.3, -0.25) is 9.97 Å². The Labute approximate surface area is 123 Å². The van der Waals surface area contributed by atoms with Crippen LogP contribution in [0.2, 0.25) is 0 Å². The lowest BCUT2D eigenvalue weighted by Crippen LogP contribution is -2.18. The fourth-order valence-electron chi connectivity index (χ4n) is 2.47. The zero-order valence-corrected chi connectivity index (χ0v) is 12.1. The number of benzene rings is 1. The fourth-order valence-corrected chi connectivity index (χ4v) is 2.47. The van der Waals surface area contributed by atoms with Crippen LogP contribution in [0.25, 0.3) is 11.0 Å². The summed E-state index contributed by atoms with van der Waals surface area (Å²) in [5.41, 5.74) is 9.06. The van der Waals surface area contributed by atoms with Crippen LogP contribution in [0.3, 0.4) is 0 Å². The van der Waals surface area contributed by atoms with E-state index in [4.69, 9.17) is 5.73 Å². The van der Waals surface area contributed by atoms with Crippen molar-refractivity contribution in [1.82, 2.24) is 24.7 Å². The lowest BCUT2D eigenvalue weighted by atomic mass is 10.0. The molecule has 0 aliphatic heterocycles. The molecule has 0 fully saturated rings. The predicted octanol–water partition coefficient (Wildman–Crippen LogP) is 2.04. The van der Waals surface area contributed by atoms with Crippen LogP contribution in [0.4, 0.5) is 0 Å². The number of nitrogens with two attached hydrogens (primary N) is 1. The molecular formula is C15H18N6. The molecule has 0 aliphatic carbocycles. The predicted molar refractivity (Wildman–Crippen MR) is 80.6 cm³/mol. The summed E-state index contributed by atoms with van der Waals surface area (Å²) >= 11 is 0. The van der Waals surface area contributed by atoms with Gasteiger partial charge in [0.25, 0.3) is 0 Å². The number of rotatable bonds is 4. The van der Waals surface area contributed by atoms with E-state index in [-0.39, 0.29) is 12.1 Å². The molecule has 1 aromatic carbocycles. The summed E-state index contributed by atoms with van der Waals surface area (Å²) in [4.78, 5) is 13.0. The maximum Gasteiger partial charge on any atom is 0.138 e. The van der Waals surface area contributed by atoms with Crippen LogP contribution >= 0.6 is 0 Å². The molecule has 2 heterocycles. The van der Waals surface area contributed by atoms with Gasteiger partial charge in [0.05, 0.1) is 11.0 Å². The Balaban J connectivity index is 1.94. The first kappa shape index (κ1) is 13.6. The standard InChI is InChI=1S/C15H18N6/c1-10(2)21-14(19-9-20-21)8-12(16)11-4-3-5-13-15(11)18-7-6-17-13/h3-7,9-10,12H,8,16H2,1-2H3. The van der Waals surface area contributed by atoms with Crippen LogP contribution in [0.5, 0.6) is 0 Å². The average molecular weight is 282 g/mol. The van der Waals surface area contributed by atoms with Crippen LogP contribution in [0, 0.1) is 0 Å². The molecule has 3 rings (SSSR count). The van der Waals surface area contributed by atoms with E-state index < -0.39 is 0 Å². The number of hydrogen-bond donors (Lipinski definition) is 1. The summed E-state index contributed by atoms with van der Waals surface area (Å²) in [5.74, 6) is 0.887. The van der Waals surface area contributed by atoms with E-state index in [0.717, 1.165) is 22.4 Å². The van der Waals surface area contributed by atoms with Crippen molar-refractivity contribution in [2.75, 3.05) is 0 Å². The SMILES string of the molecule is CC(C)n1ncnc1CC(N)c1cccc2nccnc12. The zero-order chi connectivity index (χ0) is 14.8. The smallest absolute Gasteiger partial charge is 0.138 e. The third-order valence-electron chi connectivity index (χ3n) is 3.47. The Hall–Kier alpha value is -2.34. The van der Waals surface area contributed by atoms with Crippen molar-refractivity contribution in [2.24, 2.45) is 5.73 Å². The molecule has 6 nitrogen and oxygen atoms in total. The van der Waals surface area contributed by atoms with Gasteiger partial charge in [-0.15, -0.1) is 0 Å². The Morgan fingerprint density at radius 2 is 1.95 bits per heavy atom. The summed E-state index contributed by atoms with van der Waals surface area (Å²) < 4.78 is 1.90. The van der Waals surface area contributed by atoms with Crippen LogP contribution in [0.1, 0.15) is 37.3 Å². The first-order valence-electron chi connectivity index (χ1n) is 7.00. The highest BCUT2D eigenvalue weighted by Crippen LogP contribution is 2.22. The van der Waals surface area contributed by atoms with Gasteiger partial charge in [0.15, 0.2) is 0 Å². The number of fused-ring (bicyclic) bond motifs is 1. The third kappa shape index (κ3) is 2.62. The number of para-hydroxylation sites is 1. The van der Waals surface area contributed by atoms with Crippen molar-refractivity contribution in [3.05, 3.63) is 48.3 Å². The Kier molecular flexibility index (Phi) is 3.62. The topological polar surface area (TPSA) is 82.5 Å². The second-order valence-corrected chi connectivity index (χ2v) is 5.30. The van der Waals surface area contributed by atoms with Crippen LogP contribution in [-0.4, -0.2) is 24.7 Å². The maximum atomic E-state index is 6.37. The van der Waals surface area contributed by atoms with Crippen molar-refractivity contribution < 1.29 is 0 Å². The van der Waals surface area contributed by atoms with Crippen molar-refractivity contribution in [3.63, 3.8) is 0 Å². The fraction of sp³-hybridized carbons (Fsp3) is 0.333. The molecule has 0 spiro atoms. The molecule has 2 aromatic heterocycles. The first-order chi connectivity index (χ1) is 10.2. The molecule has 1 unspecified atom stereocenters. The molecule has 0 aliphatic rings. The van der Waals surface area contributed by atoms with E-state index in [1.807, 2.05) is 22.9 Å². The molecule has 108 valence electrons. The van der Waals surface area contributed by atoms with Crippen molar-refractivity contribution in [1.29, 1.82) is 0 Å². The molecular weight excluding hydrogens is 264 g/mol. The monoisotopic (exact) mass is 282 g/mol. The van der Waals surface area contributed by atoms with Gasteiger partial charge in [-0.2, -0.15) is 5.10 Å². The summed E-state index contributed by atoms with van der Waals surface area (Å²) in [6, 6.07) is 5.97. The summed E-state index contributed by atoms with van der Waals surface area (Å²) in [7, 11) is 0. The van der Waals surface area contributed by atoms with Crippen molar-refractivity contribution in [3.8, 4) is 0 Å². The van der Waals surface area contributed by atoms with E-state index in [9.17, 15) is 0 Å². The molecule has 0 saturated heterocycles. The highest BCUT2D eigenvalue weighted by atomic mass is 15.3. The minimum Gasteiger partial charge on any atom is -0.324 e. The molecule has 0 radical (unpaired) electrons. The van der Waals surface area contributed by atoms with E-state index >= 15 is 0 Å². The third-order valence-corrected chi connectivity index (χ3v) is 3.47. The minimum absolute atomic E-state index is 0.188. The van der Waals surface area contributed by atoms with Gasteiger partial charge in [0, 0.05) is 30.9 Å². The van der Waals surface area contributed by atoms with Crippen LogP contribution in [-0.2, 0) is 6.42 Å². The molecule has 21 heavy (non-hydrogen) atoms. The number of aromatic nitrogens is 5. The van der Waals surface area contributed by atoms with Crippen molar-refractivity contribution in [2.45, 2.75) is 32.4 Å². The van der Waals surface area contributed by atoms with Gasteiger partial charge in [-0.05, 0) is 25.5 Å². The zero-order valence-electron chi connectivity index (χ0n) is 12.1. The van der Waals surface area contributed by atoms with Gasteiger partial charge >= 0.3 is 0 Å². The second kappa shape index (κ2) is 5.57. The summed E-state index contributed by atoms with van der Waals surface area (Å²) in [6.07, 6.45) is 5.57. The molecule has 0 amide bonds. The minimum atomic E-state index is -0.188.